The van der Waals surface area contributed by atoms with Gasteiger partial charge in [0.05, 0.1) is 5.56 Å². The van der Waals surface area contributed by atoms with Crippen LogP contribution in [-0.4, -0.2) is 12.1 Å². The lowest BCUT2D eigenvalue weighted by Crippen LogP contribution is -1.93. The molecular weight excluding hydrogens is 231 g/mol. The first kappa shape index (κ1) is 12.2. The van der Waals surface area contributed by atoms with E-state index in [9.17, 15) is 14.0 Å². The number of rotatable bonds is 3. The average Bonchev–Trinajstić information content (AvgIpc) is 2.38. The van der Waals surface area contributed by atoms with Gasteiger partial charge in [0, 0.05) is 5.56 Å². The second kappa shape index (κ2) is 4.92. The third-order valence-electron chi connectivity index (χ3n) is 2.73. The van der Waals surface area contributed by atoms with Crippen molar-refractivity contribution in [3.63, 3.8) is 0 Å². The Hall–Kier alpha value is -2.29. The minimum Gasteiger partial charge on any atom is -0.298 e. The first-order chi connectivity index (χ1) is 8.61. The molecule has 0 bridgehead atoms. The molecule has 0 saturated carbocycles. The number of Topliss-reactive ketones (excluding diaryl/α,β-unsaturated/α-hetero) is 1. The van der Waals surface area contributed by atoms with Crippen molar-refractivity contribution in [1.29, 1.82) is 0 Å². The molecule has 2 rings (SSSR count). The van der Waals surface area contributed by atoms with Crippen molar-refractivity contribution < 1.29 is 14.0 Å². The van der Waals surface area contributed by atoms with E-state index >= 15 is 0 Å². The molecule has 0 spiro atoms. The Morgan fingerprint density at radius 2 is 1.83 bits per heavy atom. The summed E-state index contributed by atoms with van der Waals surface area (Å²) in [6.45, 7) is 1.48. The molecule has 0 fully saturated rings. The Balaban J connectivity index is 2.48. The van der Waals surface area contributed by atoms with Crippen LogP contribution in [0.1, 0.15) is 27.6 Å². The molecule has 0 atom stereocenters. The summed E-state index contributed by atoms with van der Waals surface area (Å²) >= 11 is 0. The quantitative estimate of drug-likeness (QED) is 0.609. The molecule has 3 heteroatoms. The second-order valence-electron chi connectivity index (χ2n) is 3.99. The van der Waals surface area contributed by atoms with E-state index in [2.05, 4.69) is 0 Å². The summed E-state index contributed by atoms with van der Waals surface area (Å²) in [7, 11) is 0. The van der Waals surface area contributed by atoms with E-state index in [1.54, 1.807) is 30.3 Å². The van der Waals surface area contributed by atoms with E-state index in [1.807, 2.05) is 0 Å². The first-order valence-corrected chi connectivity index (χ1v) is 5.48. The lowest BCUT2D eigenvalue weighted by molar-refractivity contribution is 0.101. The van der Waals surface area contributed by atoms with Crippen molar-refractivity contribution in [1.82, 2.24) is 0 Å². The lowest BCUT2D eigenvalue weighted by Gasteiger charge is -2.04. The maximum Gasteiger partial charge on any atom is 0.159 e. The fourth-order valence-electron chi connectivity index (χ4n) is 1.72. The molecule has 18 heavy (non-hydrogen) atoms. The fourth-order valence-corrected chi connectivity index (χ4v) is 1.72. The minimum atomic E-state index is -0.560. The standard InChI is InChI=1S/C15H11FO2/c1-10(18)11-3-2-4-12(7-11)13-5-6-14(9-17)15(16)8-13/h2-9H,1H3. The molecule has 0 heterocycles. The molecule has 2 aromatic rings. The van der Waals surface area contributed by atoms with Crippen molar-refractivity contribution in [2.24, 2.45) is 0 Å². The minimum absolute atomic E-state index is 0.0291. The molecule has 90 valence electrons. The Kier molecular flexibility index (Phi) is 3.33. The Morgan fingerprint density at radius 1 is 1.11 bits per heavy atom. The average molecular weight is 242 g/mol. The van der Waals surface area contributed by atoms with Crippen molar-refractivity contribution >= 4 is 12.1 Å². The van der Waals surface area contributed by atoms with E-state index in [0.717, 1.165) is 5.56 Å². The van der Waals surface area contributed by atoms with Crippen LogP contribution in [0.4, 0.5) is 4.39 Å². The number of aldehydes is 1. The highest BCUT2D eigenvalue weighted by atomic mass is 19.1. The van der Waals surface area contributed by atoms with Gasteiger partial charge in [-0.05, 0) is 36.2 Å². The zero-order chi connectivity index (χ0) is 13.1. The number of benzene rings is 2. The predicted molar refractivity (Wildman–Crippen MR) is 67.2 cm³/mol. The monoisotopic (exact) mass is 242 g/mol. The first-order valence-electron chi connectivity index (χ1n) is 5.48. The van der Waals surface area contributed by atoms with Crippen LogP contribution in [0.15, 0.2) is 42.5 Å². The second-order valence-corrected chi connectivity index (χ2v) is 3.99. The summed E-state index contributed by atoms with van der Waals surface area (Å²) < 4.78 is 13.5. The topological polar surface area (TPSA) is 34.1 Å². The van der Waals surface area contributed by atoms with Crippen LogP contribution in [0.25, 0.3) is 11.1 Å². The molecule has 2 aromatic carbocycles. The molecule has 0 aromatic heterocycles. The predicted octanol–water partition coefficient (Wildman–Crippen LogP) is 3.51. The summed E-state index contributed by atoms with van der Waals surface area (Å²) in [6, 6.07) is 11.3. The number of carbonyl (C=O) groups is 2. The van der Waals surface area contributed by atoms with E-state index in [0.29, 0.717) is 17.4 Å². The maximum atomic E-state index is 13.5. The molecule has 0 aliphatic heterocycles. The van der Waals surface area contributed by atoms with Gasteiger partial charge in [0.2, 0.25) is 0 Å². The van der Waals surface area contributed by atoms with Crippen LogP contribution < -0.4 is 0 Å². The van der Waals surface area contributed by atoms with Gasteiger partial charge in [-0.15, -0.1) is 0 Å². The van der Waals surface area contributed by atoms with Crippen LogP contribution >= 0.6 is 0 Å². The highest BCUT2D eigenvalue weighted by Crippen LogP contribution is 2.22. The zero-order valence-electron chi connectivity index (χ0n) is 9.81. The van der Waals surface area contributed by atoms with Crippen LogP contribution in [0.2, 0.25) is 0 Å². The highest BCUT2D eigenvalue weighted by Gasteiger charge is 2.06. The van der Waals surface area contributed by atoms with Crippen molar-refractivity contribution in [3.8, 4) is 11.1 Å². The fraction of sp³-hybridized carbons (Fsp3) is 0.0667. The largest absolute Gasteiger partial charge is 0.298 e. The summed E-state index contributed by atoms with van der Waals surface area (Å²) in [4.78, 5) is 21.8. The van der Waals surface area contributed by atoms with E-state index < -0.39 is 5.82 Å². The number of carbonyl (C=O) groups excluding carboxylic acids is 2. The molecule has 0 saturated heterocycles. The molecule has 2 nitrogen and oxygen atoms in total. The highest BCUT2D eigenvalue weighted by molar-refractivity contribution is 5.95. The van der Waals surface area contributed by atoms with E-state index in [4.69, 9.17) is 0 Å². The molecule has 0 radical (unpaired) electrons. The van der Waals surface area contributed by atoms with Gasteiger partial charge in [-0.1, -0.05) is 24.3 Å². The number of hydrogen-bond donors (Lipinski definition) is 0. The van der Waals surface area contributed by atoms with Crippen molar-refractivity contribution in [2.75, 3.05) is 0 Å². The number of hydrogen-bond acceptors (Lipinski definition) is 2. The number of ketones is 1. The number of halogens is 1. The molecule has 0 amide bonds. The Labute approximate surface area is 104 Å². The van der Waals surface area contributed by atoms with Gasteiger partial charge < -0.3 is 0 Å². The van der Waals surface area contributed by atoms with Gasteiger partial charge in [0.15, 0.2) is 12.1 Å². The van der Waals surface area contributed by atoms with Gasteiger partial charge in [-0.25, -0.2) is 4.39 Å². The van der Waals surface area contributed by atoms with Crippen LogP contribution in [0.3, 0.4) is 0 Å². The van der Waals surface area contributed by atoms with Crippen LogP contribution in [-0.2, 0) is 0 Å². The van der Waals surface area contributed by atoms with Crippen molar-refractivity contribution in [3.05, 3.63) is 59.4 Å². The van der Waals surface area contributed by atoms with E-state index in [1.165, 1.54) is 19.1 Å². The van der Waals surface area contributed by atoms with Gasteiger partial charge in [0.1, 0.15) is 5.82 Å². The molecule has 0 N–H and O–H groups in total. The zero-order valence-corrected chi connectivity index (χ0v) is 9.81. The summed E-state index contributed by atoms with van der Waals surface area (Å²) in [6.07, 6.45) is 0.477. The third-order valence-corrected chi connectivity index (χ3v) is 2.73. The van der Waals surface area contributed by atoms with Gasteiger partial charge >= 0.3 is 0 Å². The van der Waals surface area contributed by atoms with E-state index in [-0.39, 0.29) is 11.3 Å². The molecule has 0 aliphatic carbocycles. The third kappa shape index (κ3) is 2.35. The SMILES string of the molecule is CC(=O)c1cccc(-c2ccc(C=O)c(F)c2)c1. The molecule has 0 aliphatic rings. The van der Waals surface area contributed by atoms with Gasteiger partial charge in [-0.2, -0.15) is 0 Å². The smallest absolute Gasteiger partial charge is 0.159 e. The van der Waals surface area contributed by atoms with Crippen molar-refractivity contribution in [2.45, 2.75) is 6.92 Å². The summed E-state index contributed by atoms with van der Waals surface area (Å²) in [5.41, 5.74) is 1.99. The van der Waals surface area contributed by atoms with Gasteiger partial charge in [0.25, 0.3) is 0 Å². The Morgan fingerprint density at radius 3 is 2.44 bits per heavy atom. The summed E-state index contributed by atoms with van der Waals surface area (Å²) in [5, 5.41) is 0. The normalized spacial score (nSPS) is 10.1. The molecular formula is C15H11FO2. The maximum absolute atomic E-state index is 13.5. The van der Waals surface area contributed by atoms with Gasteiger partial charge in [-0.3, -0.25) is 9.59 Å². The van der Waals surface area contributed by atoms with Crippen LogP contribution in [0.5, 0.6) is 0 Å². The lowest BCUT2D eigenvalue weighted by atomic mass is 10.0. The Bertz CT molecular complexity index is 618. The van der Waals surface area contributed by atoms with Crippen LogP contribution in [0, 0.1) is 5.82 Å². The molecule has 0 unspecified atom stereocenters. The summed E-state index contributed by atoms with van der Waals surface area (Å²) in [5.74, 6) is -0.599.